The second kappa shape index (κ2) is 6.75. The van der Waals surface area contributed by atoms with Gasteiger partial charge in [0, 0.05) is 25.4 Å². The summed E-state index contributed by atoms with van der Waals surface area (Å²) >= 11 is 1.60. The molecule has 1 unspecified atom stereocenters. The molecular formula is C20H18N4O2S. The van der Waals surface area contributed by atoms with Gasteiger partial charge in [-0.1, -0.05) is 24.3 Å². The standard InChI is InChI=1S/C20H18N4O2S/c1-13-22-23-19(26-13)17-9-14-5-2-3-6-15(14)10-24(17)11-16-12-27-20(21-16)18-7-4-8-25-18/h2-8,12,17H,9-11H2,1H3. The molecule has 5 rings (SSSR count). The Morgan fingerprint density at radius 3 is 2.81 bits per heavy atom. The second-order valence-corrected chi connectivity index (χ2v) is 7.53. The highest BCUT2D eigenvalue weighted by Gasteiger charge is 2.31. The zero-order valence-corrected chi connectivity index (χ0v) is 15.6. The van der Waals surface area contributed by atoms with E-state index in [1.165, 1.54) is 11.1 Å². The van der Waals surface area contributed by atoms with Crippen molar-refractivity contribution < 1.29 is 8.83 Å². The Labute approximate surface area is 160 Å². The molecular weight excluding hydrogens is 360 g/mol. The summed E-state index contributed by atoms with van der Waals surface area (Å²) in [4.78, 5) is 7.11. The van der Waals surface area contributed by atoms with Crippen molar-refractivity contribution in [3.8, 4) is 10.8 Å². The number of aryl methyl sites for hydroxylation is 1. The highest BCUT2D eigenvalue weighted by Crippen LogP contribution is 2.34. The Morgan fingerprint density at radius 2 is 2.04 bits per heavy atom. The summed E-state index contributed by atoms with van der Waals surface area (Å²) in [6, 6.07) is 12.4. The van der Waals surface area contributed by atoms with Crippen LogP contribution in [0.25, 0.3) is 10.8 Å². The zero-order chi connectivity index (χ0) is 18.2. The van der Waals surface area contributed by atoms with Crippen molar-refractivity contribution >= 4 is 11.3 Å². The molecule has 0 aliphatic carbocycles. The number of hydrogen-bond acceptors (Lipinski definition) is 7. The van der Waals surface area contributed by atoms with Gasteiger partial charge in [0.05, 0.1) is 18.0 Å². The van der Waals surface area contributed by atoms with Crippen molar-refractivity contribution in [2.75, 3.05) is 0 Å². The monoisotopic (exact) mass is 378 g/mol. The molecule has 27 heavy (non-hydrogen) atoms. The molecule has 0 spiro atoms. The number of benzene rings is 1. The fourth-order valence-corrected chi connectivity index (χ4v) is 4.31. The SMILES string of the molecule is Cc1nnc(C2Cc3ccccc3CN2Cc2csc(-c3ccco3)n2)o1. The first-order valence-corrected chi connectivity index (χ1v) is 9.73. The van der Waals surface area contributed by atoms with Gasteiger partial charge in [-0.25, -0.2) is 4.98 Å². The van der Waals surface area contributed by atoms with Crippen molar-refractivity contribution in [2.24, 2.45) is 0 Å². The number of aromatic nitrogens is 3. The molecule has 0 radical (unpaired) electrons. The van der Waals surface area contributed by atoms with Gasteiger partial charge in [0.1, 0.15) is 0 Å². The minimum Gasteiger partial charge on any atom is -0.462 e. The van der Waals surface area contributed by atoms with Crippen molar-refractivity contribution in [3.05, 3.63) is 76.6 Å². The first kappa shape index (κ1) is 16.4. The average Bonchev–Trinajstić information content (AvgIpc) is 3.42. The summed E-state index contributed by atoms with van der Waals surface area (Å²) < 4.78 is 11.2. The van der Waals surface area contributed by atoms with Gasteiger partial charge in [-0.2, -0.15) is 0 Å². The summed E-state index contributed by atoms with van der Waals surface area (Å²) in [5.74, 6) is 2.07. The van der Waals surface area contributed by atoms with Crippen molar-refractivity contribution in [3.63, 3.8) is 0 Å². The highest BCUT2D eigenvalue weighted by atomic mass is 32.1. The predicted octanol–water partition coefficient (Wildman–Crippen LogP) is 4.39. The first-order valence-electron chi connectivity index (χ1n) is 8.85. The van der Waals surface area contributed by atoms with Crippen LogP contribution in [-0.4, -0.2) is 20.1 Å². The summed E-state index contributed by atoms with van der Waals surface area (Å²) in [5, 5.41) is 11.3. The van der Waals surface area contributed by atoms with Gasteiger partial charge in [-0.15, -0.1) is 21.5 Å². The summed E-state index contributed by atoms with van der Waals surface area (Å²) in [6.45, 7) is 3.38. The number of fused-ring (bicyclic) bond motifs is 1. The van der Waals surface area contributed by atoms with Gasteiger partial charge >= 0.3 is 0 Å². The van der Waals surface area contributed by atoms with Gasteiger partial charge in [-0.05, 0) is 29.7 Å². The molecule has 1 aliphatic rings. The van der Waals surface area contributed by atoms with E-state index in [2.05, 4.69) is 44.7 Å². The largest absolute Gasteiger partial charge is 0.462 e. The van der Waals surface area contributed by atoms with E-state index in [9.17, 15) is 0 Å². The van der Waals surface area contributed by atoms with Crippen LogP contribution in [-0.2, 0) is 19.5 Å². The Morgan fingerprint density at radius 1 is 1.15 bits per heavy atom. The molecule has 1 aromatic carbocycles. The van der Waals surface area contributed by atoms with Crippen LogP contribution < -0.4 is 0 Å². The fraction of sp³-hybridized carbons (Fsp3) is 0.250. The van der Waals surface area contributed by atoms with Crippen LogP contribution in [0.2, 0.25) is 0 Å². The molecule has 0 N–H and O–H groups in total. The molecule has 0 amide bonds. The maximum absolute atomic E-state index is 5.77. The van der Waals surface area contributed by atoms with Gasteiger partial charge in [0.15, 0.2) is 10.8 Å². The molecule has 136 valence electrons. The Balaban J connectivity index is 1.45. The molecule has 7 heteroatoms. The number of hydrogen-bond donors (Lipinski definition) is 0. The molecule has 4 aromatic rings. The molecule has 6 nitrogen and oxygen atoms in total. The maximum atomic E-state index is 5.77. The van der Waals surface area contributed by atoms with Crippen molar-refractivity contribution in [2.45, 2.75) is 32.5 Å². The second-order valence-electron chi connectivity index (χ2n) is 6.67. The lowest BCUT2D eigenvalue weighted by molar-refractivity contribution is 0.136. The van der Waals surface area contributed by atoms with Gasteiger partial charge < -0.3 is 8.83 Å². The van der Waals surface area contributed by atoms with E-state index >= 15 is 0 Å². The van der Waals surface area contributed by atoms with Crippen molar-refractivity contribution in [1.82, 2.24) is 20.1 Å². The molecule has 0 saturated heterocycles. The number of thiazole rings is 1. The molecule has 4 heterocycles. The van der Waals surface area contributed by atoms with E-state index in [4.69, 9.17) is 13.8 Å². The van der Waals surface area contributed by atoms with Crippen LogP contribution in [0.5, 0.6) is 0 Å². The van der Waals surface area contributed by atoms with Crippen LogP contribution in [0.15, 0.2) is 56.9 Å². The predicted molar refractivity (Wildman–Crippen MR) is 101 cm³/mol. The van der Waals surface area contributed by atoms with E-state index in [0.29, 0.717) is 11.8 Å². The van der Waals surface area contributed by atoms with Gasteiger partial charge in [0.25, 0.3) is 0 Å². The maximum Gasteiger partial charge on any atom is 0.233 e. The Kier molecular flexibility index (Phi) is 4.10. The van der Waals surface area contributed by atoms with Crippen molar-refractivity contribution in [1.29, 1.82) is 0 Å². The van der Waals surface area contributed by atoms with Crippen LogP contribution in [0.3, 0.4) is 0 Å². The summed E-state index contributed by atoms with van der Waals surface area (Å²) in [6.07, 6.45) is 2.53. The lowest BCUT2D eigenvalue weighted by atomic mass is 9.94. The lowest BCUT2D eigenvalue weighted by Gasteiger charge is -2.34. The fourth-order valence-electron chi connectivity index (χ4n) is 3.53. The van der Waals surface area contributed by atoms with Gasteiger partial charge in [-0.3, -0.25) is 4.90 Å². The summed E-state index contributed by atoms with van der Waals surface area (Å²) in [7, 11) is 0. The summed E-state index contributed by atoms with van der Waals surface area (Å²) in [5.41, 5.74) is 3.70. The minimum atomic E-state index is 0.0508. The smallest absolute Gasteiger partial charge is 0.233 e. The first-order chi connectivity index (χ1) is 13.3. The molecule has 3 aromatic heterocycles. The third-order valence-electron chi connectivity index (χ3n) is 4.82. The Bertz CT molecular complexity index is 1050. The third kappa shape index (κ3) is 3.20. The van der Waals surface area contributed by atoms with E-state index < -0.39 is 0 Å². The molecule has 0 bridgehead atoms. The quantitative estimate of drug-likeness (QED) is 0.524. The number of rotatable bonds is 4. The van der Waals surface area contributed by atoms with Crippen LogP contribution in [0.4, 0.5) is 0 Å². The third-order valence-corrected chi connectivity index (χ3v) is 5.73. The average molecular weight is 378 g/mol. The highest BCUT2D eigenvalue weighted by molar-refractivity contribution is 7.13. The molecule has 1 atom stereocenters. The molecule has 0 fully saturated rings. The minimum absolute atomic E-state index is 0.0508. The van der Waals surface area contributed by atoms with Crippen LogP contribution in [0, 0.1) is 6.92 Å². The zero-order valence-electron chi connectivity index (χ0n) is 14.8. The Hall–Kier alpha value is -2.77. The van der Waals surface area contributed by atoms with Crippen LogP contribution in [0.1, 0.15) is 34.6 Å². The molecule has 0 saturated carbocycles. The van der Waals surface area contributed by atoms with E-state index in [0.717, 1.165) is 36.0 Å². The topological polar surface area (TPSA) is 68.2 Å². The van der Waals surface area contributed by atoms with E-state index in [1.54, 1.807) is 17.6 Å². The number of nitrogens with zero attached hydrogens (tertiary/aromatic N) is 4. The van der Waals surface area contributed by atoms with E-state index in [1.807, 2.05) is 19.1 Å². The number of furan rings is 1. The normalized spacial score (nSPS) is 17.1. The van der Waals surface area contributed by atoms with Crippen LogP contribution >= 0.6 is 11.3 Å². The molecule has 1 aliphatic heterocycles. The lowest BCUT2D eigenvalue weighted by Crippen LogP contribution is -2.34. The van der Waals surface area contributed by atoms with E-state index in [-0.39, 0.29) is 6.04 Å². The van der Waals surface area contributed by atoms with Gasteiger partial charge in [0.2, 0.25) is 11.8 Å².